The minimum absolute atomic E-state index is 0.0110. The first-order valence-electron chi connectivity index (χ1n) is 9.99. The van der Waals surface area contributed by atoms with E-state index in [1.807, 2.05) is 6.07 Å². The van der Waals surface area contributed by atoms with Gasteiger partial charge in [0.25, 0.3) is 0 Å². The van der Waals surface area contributed by atoms with Crippen LogP contribution < -0.4 is 10.2 Å². The maximum Gasteiger partial charge on any atom is 0.317 e. The molecule has 0 bridgehead atoms. The summed E-state index contributed by atoms with van der Waals surface area (Å²) >= 11 is 1.38. The minimum atomic E-state index is -0.202. The van der Waals surface area contributed by atoms with Gasteiger partial charge >= 0.3 is 6.03 Å². The summed E-state index contributed by atoms with van der Waals surface area (Å²) in [6.07, 6.45) is 3.40. The smallest absolute Gasteiger partial charge is 0.317 e. The maximum absolute atomic E-state index is 13.4. The zero-order valence-electron chi connectivity index (χ0n) is 16.5. The van der Waals surface area contributed by atoms with Crippen molar-refractivity contribution in [3.63, 3.8) is 0 Å². The third-order valence-electron chi connectivity index (χ3n) is 5.91. The Balaban J connectivity index is 1.20. The van der Waals surface area contributed by atoms with Crippen molar-refractivity contribution in [2.24, 2.45) is 5.92 Å². The Morgan fingerprint density at radius 2 is 2.04 bits per heavy atom. The number of piperazine rings is 1. The van der Waals surface area contributed by atoms with Crippen LogP contribution in [0.3, 0.4) is 0 Å². The molecule has 1 aromatic carbocycles. The minimum Gasteiger partial charge on any atom is -0.353 e. The van der Waals surface area contributed by atoms with E-state index in [9.17, 15) is 9.18 Å². The molecule has 0 radical (unpaired) electrons. The molecule has 8 heteroatoms. The first-order valence-corrected chi connectivity index (χ1v) is 10.8. The second-order valence-corrected chi connectivity index (χ2v) is 8.95. The number of hydrogen-bond donors (Lipinski definition) is 1. The van der Waals surface area contributed by atoms with Gasteiger partial charge in [0.15, 0.2) is 0 Å². The van der Waals surface area contributed by atoms with Crippen LogP contribution >= 0.6 is 11.5 Å². The summed E-state index contributed by atoms with van der Waals surface area (Å²) in [4.78, 5) is 18.1. The van der Waals surface area contributed by atoms with Crippen LogP contribution in [-0.2, 0) is 0 Å². The van der Waals surface area contributed by atoms with E-state index >= 15 is 0 Å². The van der Waals surface area contributed by atoms with E-state index in [4.69, 9.17) is 0 Å². The summed E-state index contributed by atoms with van der Waals surface area (Å²) < 4.78 is 18.9. The van der Waals surface area contributed by atoms with Gasteiger partial charge in [-0.2, -0.15) is 4.37 Å². The number of carbonyl (C=O) groups excluding carboxylic acids is 1. The Labute approximate surface area is 169 Å². The van der Waals surface area contributed by atoms with Gasteiger partial charge < -0.3 is 15.1 Å². The van der Waals surface area contributed by atoms with E-state index in [1.54, 1.807) is 25.1 Å². The van der Waals surface area contributed by atoms with Crippen LogP contribution in [0.4, 0.5) is 15.0 Å². The van der Waals surface area contributed by atoms with Gasteiger partial charge in [0.1, 0.15) is 11.6 Å². The van der Waals surface area contributed by atoms with Gasteiger partial charge in [-0.15, -0.1) is 0 Å². The standard InChI is InChI=1S/C20H28FN5OS/c1-24(2)20(27)22-16-11-14(12-16)5-6-25-7-9-26(10-8-25)19-17-4-3-15(21)13-18(17)28-23-19/h3-4,13-14,16H,5-12H2,1-2H3,(H,22,27). The average Bonchev–Trinajstić information content (AvgIpc) is 3.06. The second-order valence-electron chi connectivity index (χ2n) is 8.14. The van der Waals surface area contributed by atoms with Gasteiger partial charge in [0, 0.05) is 51.7 Å². The lowest BCUT2D eigenvalue weighted by atomic mass is 9.78. The first-order chi connectivity index (χ1) is 13.5. The van der Waals surface area contributed by atoms with Crippen molar-refractivity contribution >= 4 is 33.5 Å². The molecule has 1 aliphatic heterocycles. The van der Waals surface area contributed by atoms with Crippen molar-refractivity contribution in [3.05, 3.63) is 24.0 Å². The number of aromatic nitrogens is 1. The van der Waals surface area contributed by atoms with Crippen LogP contribution in [0, 0.1) is 11.7 Å². The number of benzene rings is 1. The fraction of sp³-hybridized carbons (Fsp3) is 0.600. The Bertz CT molecular complexity index is 827. The molecule has 2 heterocycles. The van der Waals surface area contributed by atoms with Crippen LogP contribution in [0.5, 0.6) is 0 Å². The summed E-state index contributed by atoms with van der Waals surface area (Å²) in [5, 5.41) is 4.12. The zero-order chi connectivity index (χ0) is 19.7. The van der Waals surface area contributed by atoms with Crippen molar-refractivity contribution in [1.82, 2.24) is 19.5 Å². The predicted molar refractivity (Wildman–Crippen MR) is 112 cm³/mol. The van der Waals surface area contributed by atoms with Crippen molar-refractivity contribution in [2.75, 3.05) is 51.7 Å². The number of fused-ring (bicyclic) bond motifs is 1. The predicted octanol–water partition coefficient (Wildman–Crippen LogP) is 3.00. The highest BCUT2D eigenvalue weighted by atomic mass is 32.1. The third-order valence-corrected chi connectivity index (χ3v) is 6.71. The quantitative estimate of drug-likeness (QED) is 0.831. The fourth-order valence-electron chi connectivity index (χ4n) is 4.07. The summed E-state index contributed by atoms with van der Waals surface area (Å²) in [7, 11) is 3.55. The zero-order valence-corrected chi connectivity index (χ0v) is 17.3. The van der Waals surface area contributed by atoms with Crippen molar-refractivity contribution in [1.29, 1.82) is 0 Å². The number of nitrogens with zero attached hydrogens (tertiary/aromatic N) is 4. The highest BCUT2D eigenvalue weighted by molar-refractivity contribution is 7.13. The third kappa shape index (κ3) is 4.22. The van der Waals surface area contributed by atoms with E-state index in [2.05, 4.69) is 19.5 Å². The molecule has 2 fully saturated rings. The fourth-order valence-corrected chi connectivity index (χ4v) is 4.89. The molecule has 1 aliphatic carbocycles. The molecule has 0 unspecified atom stereocenters. The van der Waals surface area contributed by atoms with E-state index in [0.29, 0.717) is 6.04 Å². The van der Waals surface area contributed by atoms with Crippen LogP contribution in [-0.4, -0.2) is 73.1 Å². The molecule has 0 atom stereocenters. The molecule has 152 valence electrons. The Morgan fingerprint density at radius 3 is 2.75 bits per heavy atom. The highest BCUT2D eigenvalue weighted by Crippen LogP contribution is 2.32. The normalized spacial score (nSPS) is 22.9. The number of carbonyl (C=O) groups is 1. The summed E-state index contributed by atoms with van der Waals surface area (Å²) in [6, 6.07) is 5.29. The maximum atomic E-state index is 13.4. The molecule has 28 heavy (non-hydrogen) atoms. The molecule has 1 saturated heterocycles. The van der Waals surface area contributed by atoms with Crippen LogP contribution in [0.25, 0.3) is 10.1 Å². The monoisotopic (exact) mass is 405 g/mol. The van der Waals surface area contributed by atoms with Crippen molar-refractivity contribution in [2.45, 2.75) is 25.3 Å². The van der Waals surface area contributed by atoms with Crippen molar-refractivity contribution in [3.8, 4) is 0 Å². The lowest BCUT2D eigenvalue weighted by Crippen LogP contribution is -2.50. The van der Waals surface area contributed by atoms with E-state index in [0.717, 1.165) is 67.4 Å². The van der Waals surface area contributed by atoms with Gasteiger partial charge in [-0.3, -0.25) is 4.90 Å². The summed E-state index contributed by atoms with van der Waals surface area (Å²) in [5.41, 5.74) is 0. The molecule has 2 aliphatic rings. The number of urea groups is 1. The largest absolute Gasteiger partial charge is 0.353 e. The topological polar surface area (TPSA) is 51.7 Å². The van der Waals surface area contributed by atoms with E-state index in [1.165, 1.54) is 24.0 Å². The molecule has 2 aromatic rings. The Morgan fingerprint density at radius 1 is 1.29 bits per heavy atom. The summed E-state index contributed by atoms with van der Waals surface area (Å²) in [6.45, 7) is 5.11. The van der Waals surface area contributed by atoms with Crippen LogP contribution in [0.15, 0.2) is 18.2 Å². The van der Waals surface area contributed by atoms with Gasteiger partial charge in [0.05, 0.1) is 4.70 Å². The molecule has 1 N–H and O–H groups in total. The molecule has 4 rings (SSSR count). The number of nitrogens with one attached hydrogen (secondary N) is 1. The van der Waals surface area contributed by atoms with Gasteiger partial charge in [-0.05, 0) is 61.5 Å². The average molecular weight is 406 g/mol. The first kappa shape index (κ1) is 19.4. The molecular formula is C20H28FN5OS. The van der Waals surface area contributed by atoms with Crippen LogP contribution in [0.1, 0.15) is 19.3 Å². The Kier molecular flexibility index (Phi) is 5.68. The molecule has 0 spiro atoms. The molecule has 1 aromatic heterocycles. The lowest BCUT2D eigenvalue weighted by Gasteiger charge is -2.39. The van der Waals surface area contributed by atoms with Crippen molar-refractivity contribution < 1.29 is 9.18 Å². The highest BCUT2D eigenvalue weighted by Gasteiger charge is 2.31. The van der Waals surface area contributed by atoms with Gasteiger partial charge in [-0.1, -0.05) is 0 Å². The van der Waals surface area contributed by atoms with Gasteiger partial charge in [-0.25, -0.2) is 9.18 Å². The number of rotatable bonds is 5. The van der Waals surface area contributed by atoms with E-state index in [-0.39, 0.29) is 11.8 Å². The number of hydrogen-bond acceptors (Lipinski definition) is 5. The summed E-state index contributed by atoms with van der Waals surface area (Å²) in [5.74, 6) is 1.52. The molecule has 1 saturated carbocycles. The second kappa shape index (κ2) is 8.21. The molecule has 6 nitrogen and oxygen atoms in total. The Hall–Kier alpha value is -1.93. The van der Waals surface area contributed by atoms with Crippen LogP contribution in [0.2, 0.25) is 0 Å². The number of amides is 2. The lowest BCUT2D eigenvalue weighted by molar-refractivity contribution is 0.161. The van der Waals surface area contributed by atoms with E-state index < -0.39 is 0 Å². The van der Waals surface area contributed by atoms with Gasteiger partial charge in [0.2, 0.25) is 0 Å². The molecular weight excluding hydrogens is 377 g/mol. The molecule has 2 amide bonds. The number of anilines is 1. The number of halogens is 1. The SMILES string of the molecule is CN(C)C(=O)NC1CC(CCN2CCN(c3nsc4cc(F)ccc34)CC2)C1.